The summed E-state index contributed by atoms with van der Waals surface area (Å²) < 4.78 is 11.6. The van der Waals surface area contributed by atoms with Crippen LogP contribution in [0.3, 0.4) is 0 Å². The van der Waals surface area contributed by atoms with Crippen molar-refractivity contribution in [3.05, 3.63) is 99.7 Å². The second-order valence-corrected chi connectivity index (χ2v) is 8.65. The summed E-state index contributed by atoms with van der Waals surface area (Å²) in [5.41, 5.74) is 3.17. The molecule has 1 amide bonds. The Hall–Kier alpha value is -3.51. The molecule has 0 saturated heterocycles. The van der Waals surface area contributed by atoms with E-state index in [0.717, 1.165) is 5.56 Å². The van der Waals surface area contributed by atoms with Gasteiger partial charge in [-0.05, 0) is 72.8 Å². The van der Waals surface area contributed by atoms with E-state index in [0.29, 0.717) is 54.8 Å². The molecule has 5 aromatic rings. The van der Waals surface area contributed by atoms with Crippen molar-refractivity contribution in [1.82, 2.24) is 4.98 Å². The van der Waals surface area contributed by atoms with Crippen LogP contribution in [0, 0.1) is 0 Å². The number of nitrogens with one attached hydrogen (secondary N) is 1. The van der Waals surface area contributed by atoms with E-state index in [1.54, 1.807) is 54.6 Å². The Labute approximate surface area is 209 Å². The van der Waals surface area contributed by atoms with Crippen LogP contribution >= 0.6 is 34.8 Å². The molecule has 2 aromatic heterocycles. The Morgan fingerprint density at radius 1 is 0.853 bits per heavy atom. The smallest absolute Gasteiger partial charge is 0.248 e. The fraction of sp³-hybridized carbons (Fsp3) is 0. The van der Waals surface area contributed by atoms with Crippen molar-refractivity contribution < 1.29 is 13.6 Å². The summed E-state index contributed by atoms with van der Waals surface area (Å²) >= 11 is 18.2. The quantitative estimate of drug-likeness (QED) is 0.242. The van der Waals surface area contributed by atoms with Gasteiger partial charge in [0.05, 0.1) is 5.02 Å². The molecule has 1 N–H and O–H groups in total. The molecule has 3 aromatic carbocycles. The van der Waals surface area contributed by atoms with E-state index in [1.807, 2.05) is 24.3 Å². The average molecular weight is 510 g/mol. The van der Waals surface area contributed by atoms with Gasteiger partial charge in [0.25, 0.3) is 0 Å². The molecule has 0 aliphatic rings. The molecular weight excluding hydrogens is 495 g/mol. The number of carbonyl (C=O) groups is 1. The first-order valence-corrected chi connectivity index (χ1v) is 11.3. The Bertz CT molecular complexity index is 1530. The molecule has 5 rings (SSSR count). The molecule has 0 fully saturated rings. The highest BCUT2D eigenvalue weighted by Crippen LogP contribution is 2.32. The van der Waals surface area contributed by atoms with Crippen molar-refractivity contribution >= 4 is 63.6 Å². The lowest BCUT2D eigenvalue weighted by Crippen LogP contribution is -2.07. The van der Waals surface area contributed by atoms with Gasteiger partial charge in [0.1, 0.15) is 17.0 Å². The van der Waals surface area contributed by atoms with Crippen molar-refractivity contribution in [2.75, 3.05) is 5.32 Å². The minimum Gasteiger partial charge on any atom is -0.457 e. The minimum absolute atomic E-state index is 0.311. The van der Waals surface area contributed by atoms with E-state index in [1.165, 1.54) is 6.08 Å². The fourth-order valence-corrected chi connectivity index (χ4v) is 4.01. The molecule has 0 aliphatic heterocycles. The van der Waals surface area contributed by atoms with Crippen LogP contribution in [-0.4, -0.2) is 10.9 Å². The van der Waals surface area contributed by atoms with Gasteiger partial charge >= 0.3 is 0 Å². The minimum atomic E-state index is -0.311. The lowest BCUT2D eigenvalue weighted by Gasteiger charge is -2.03. The molecule has 0 spiro atoms. The van der Waals surface area contributed by atoms with Gasteiger partial charge in [-0.2, -0.15) is 0 Å². The first-order valence-electron chi connectivity index (χ1n) is 10.2. The van der Waals surface area contributed by atoms with Crippen molar-refractivity contribution in [2.45, 2.75) is 0 Å². The molecule has 168 valence electrons. The van der Waals surface area contributed by atoms with Crippen LogP contribution in [0.5, 0.6) is 0 Å². The third kappa shape index (κ3) is 4.87. The normalized spacial score (nSPS) is 11.4. The van der Waals surface area contributed by atoms with Crippen molar-refractivity contribution in [3.63, 3.8) is 0 Å². The van der Waals surface area contributed by atoms with Crippen molar-refractivity contribution in [3.8, 4) is 22.8 Å². The molecule has 0 bridgehead atoms. The van der Waals surface area contributed by atoms with Crippen LogP contribution in [0.25, 0.3) is 40.0 Å². The highest BCUT2D eigenvalue weighted by Gasteiger charge is 2.13. The van der Waals surface area contributed by atoms with E-state index >= 15 is 0 Å². The molecular formula is C26H15Cl3N2O3. The van der Waals surface area contributed by atoms with Gasteiger partial charge < -0.3 is 14.2 Å². The summed E-state index contributed by atoms with van der Waals surface area (Å²) in [6.07, 6.45) is 3.00. The van der Waals surface area contributed by atoms with Gasteiger partial charge in [0.2, 0.25) is 11.8 Å². The largest absolute Gasteiger partial charge is 0.457 e. The average Bonchev–Trinajstić information content (AvgIpc) is 3.46. The number of aromatic nitrogens is 1. The van der Waals surface area contributed by atoms with Gasteiger partial charge in [-0.1, -0.05) is 40.9 Å². The van der Waals surface area contributed by atoms with E-state index in [4.69, 9.17) is 43.6 Å². The summed E-state index contributed by atoms with van der Waals surface area (Å²) in [7, 11) is 0. The predicted octanol–water partition coefficient (Wildman–Crippen LogP) is 8.37. The first kappa shape index (κ1) is 22.3. The topological polar surface area (TPSA) is 68.3 Å². The molecule has 2 heterocycles. The highest BCUT2D eigenvalue weighted by atomic mass is 35.5. The Morgan fingerprint density at radius 3 is 2.50 bits per heavy atom. The Balaban J connectivity index is 1.29. The Kier molecular flexibility index (Phi) is 6.16. The second kappa shape index (κ2) is 9.39. The van der Waals surface area contributed by atoms with E-state index < -0.39 is 0 Å². The molecule has 5 nitrogen and oxygen atoms in total. The maximum absolute atomic E-state index is 12.4. The lowest BCUT2D eigenvalue weighted by molar-refractivity contribution is -0.111. The van der Waals surface area contributed by atoms with Gasteiger partial charge in [0, 0.05) is 32.9 Å². The molecule has 0 atom stereocenters. The molecule has 0 radical (unpaired) electrons. The fourth-order valence-electron chi connectivity index (χ4n) is 3.37. The van der Waals surface area contributed by atoms with Gasteiger partial charge in [0.15, 0.2) is 5.58 Å². The van der Waals surface area contributed by atoms with E-state index in [-0.39, 0.29) is 5.91 Å². The molecule has 0 saturated carbocycles. The van der Waals surface area contributed by atoms with Gasteiger partial charge in [-0.15, -0.1) is 0 Å². The number of rotatable bonds is 5. The predicted molar refractivity (Wildman–Crippen MR) is 136 cm³/mol. The standard InChI is InChI=1S/C26H15Cl3N2O3/c27-17-6-4-15(5-7-17)23-10-8-20(33-23)9-11-24(32)30-19-3-1-2-16(12-19)26-31-22-14-18(28)13-21(29)25(22)34-26/h1-14H,(H,30,32)/b11-9+. The van der Waals surface area contributed by atoms with Crippen LogP contribution in [0.4, 0.5) is 5.69 Å². The van der Waals surface area contributed by atoms with Crippen molar-refractivity contribution in [1.29, 1.82) is 0 Å². The van der Waals surface area contributed by atoms with Crippen LogP contribution in [0.15, 0.2) is 87.7 Å². The number of nitrogens with zero attached hydrogens (tertiary/aromatic N) is 1. The van der Waals surface area contributed by atoms with Crippen LogP contribution in [0.1, 0.15) is 5.76 Å². The van der Waals surface area contributed by atoms with Crippen LogP contribution in [0.2, 0.25) is 15.1 Å². The zero-order valence-corrected chi connectivity index (χ0v) is 19.7. The Morgan fingerprint density at radius 2 is 1.68 bits per heavy atom. The van der Waals surface area contributed by atoms with Gasteiger partial charge in [-0.25, -0.2) is 4.98 Å². The number of amides is 1. The molecule has 0 unspecified atom stereocenters. The SMILES string of the molecule is O=C(/C=C/c1ccc(-c2ccc(Cl)cc2)o1)Nc1cccc(-c2nc3cc(Cl)cc(Cl)c3o2)c1. The third-order valence-electron chi connectivity index (χ3n) is 4.94. The number of oxazole rings is 1. The summed E-state index contributed by atoms with van der Waals surface area (Å²) in [5.74, 6) is 1.30. The van der Waals surface area contributed by atoms with Crippen LogP contribution in [-0.2, 0) is 4.79 Å². The summed E-state index contributed by atoms with van der Waals surface area (Å²) in [4.78, 5) is 16.9. The lowest BCUT2D eigenvalue weighted by atomic mass is 10.2. The highest BCUT2D eigenvalue weighted by molar-refractivity contribution is 6.38. The number of carbonyl (C=O) groups excluding carboxylic acids is 1. The number of benzene rings is 3. The van der Waals surface area contributed by atoms with Crippen LogP contribution < -0.4 is 5.32 Å². The number of anilines is 1. The molecule has 8 heteroatoms. The van der Waals surface area contributed by atoms with Crippen molar-refractivity contribution in [2.24, 2.45) is 0 Å². The monoisotopic (exact) mass is 508 g/mol. The van der Waals surface area contributed by atoms with Gasteiger partial charge in [-0.3, -0.25) is 4.79 Å². The summed E-state index contributed by atoms with van der Waals surface area (Å²) in [6, 6.07) is 21.4. The number of furan rings is 1. The maximum Gasteiger partial charge on any atom is 0.248 e. The zero-order chi connectivity index (χ0) is 23.7. The molecule has 0 aliphatic carbocycles. The number of fused-ring (bicyclic) bond motifs is 1. The number of halogens is 3. The summed E-state index contributed by atoms with van der Waals surface area (Å²) in [5, 5.41) is 4.33. The number of hydrogen-bond acceptors (Lipinski definition) is 4. The first-order chi connectivity index (χ1) is 16.4. The summed E-state index contributed by atoms with van der Waals surface area (Å²) in [6.45, 7) is 0. The second-order valence-electron chi connectivity index (χ2n) is 7.37. The van der Waals surface area contributed by atoms with E-state index in [2.05, 4.69) is 10.3 Å². The zero-order valence-electron chi connectivity index (χ0n) is 17.4. The maximum atomic E-state index is 12.4. The third-order valence-corrected chi connectivity index (χ3v) is 5.69. The van der Waals surface area contributed by atoms with E-state index in [9.17, 15) is 4.79 Å². The molecule has 34 heavy (non-hydrogen) atoms. The number of hydrogen-bond donors (Lipinski definition) is 1.